The lowest BCUT2D eigenvalue weighted by atomic mass is 9.99. The normalized spacial score (nSPS) is 21.1. The fourth-order valence-corrected chi connectivity index (χ4v) is 6.90. The van der Waals surface area contributed by atoms with Crippen LogP contribution in [0.15, 0.2) is 12.2 Å². The molecule has 0 aromatic carbocycles. The molecule has 0 aromatic heterocycles. The second kappa shape index (κ2) is 36.6. The van der Waals surface area contributed by atoms with Crippen LogP contribution < -0.4 is 0 Å². The average molecular weight is 757 g/mol. The van der Waals surface area contributed by atoms with E-state index in [9.17, 15) is 25.2 Å². The third-order valence-electron chi connectivity index (χ3n) is 10.4. The van der Waals surface area contributed by atoms with Gasteiger partial charge in [-0.3, -0.25) is 4.79 Å². The number of aliphatic hydroxyl groups excluding tert-OH is 4. The molecule has 0 radical (unpaired) electrons. The lowest BCUT2D eigenvalue weighted by Crippen LogP contribution is -2.59. The summed E-state index contributed by atoms with van der Waals surface area (Å²) >= 11 is 0. The smallest absolute Gasteiger partial charge is 0.306 e. The first-order chi connectivity index (χ1) is 25.9. The van der Waals surface area contributed by atoms with Gasteiger partial charge in [-0.2, -0.15) is 0 Å². The standard InChI is InChI=1S/C44H84O9/c1-3-5-7-9-11-13-15-17-18-19-20-22-24-26-28-30-32-34-50-36-38(37-51-44-43(49)42(48)41(47)39(35-45)53-44)52-40(46)33-31-29-27-25-23-21-16-14-12-10-8-6-4-2/h18-19,38-39,41-45,47-49H,3-17,20-37H2,1-2H3/b19-18-. The molecule has 9 nitrogen and oxygen atoms in total. The van der Waals surface area contributed by atoms with Crippen molar-refractivity contribution < 1.29 is 44.2 Å². The molecule has 0 aliphatic carbocycles. The highest BCUT2D eigenvalue weighted by molar-refractivity contribution is 5.69. The van der Waals surface area contributed by atoms with E-state index in [1.807, 2.05) is 0 Å². The maximum Gasteiger partial charge on any atom is 0.306 e. The highest BCUT2D eigenvalue weighted by atomic mass is 16.7. The molecule has 1 heterocycles. The molecule has 1 fully saturated rings. The molecule has 1 aliphatic rings. The summed E-state index contributed by atoms with van der Waals surface area (Å²) in [5.74, 6) is -0.313. The van der Waals surface area contributed by atoms with Gasteiger partial charge in [-0.1, -0.05) is 167 Å². The fraction of sp³-hybridized carbons (Fsp3) is 0.932. The fourth-order valence-electron chi connectivity index (χ4n) is 6.90. The van der Waals surface area contributed by atoms with E-state index in [2.05, 4.69) is 26.0 Å². The van der Waals surface area contributed by atoms with E-state index in [4.69, 9.17) is 18.9 Å². The van der Waals surface area contributed by atoms with Crippen molar-refractivity contribution in [3.63, 3.8) is 0 Å². The molecule has 6 atom stereocenters. The minimum Gasteiger partial charge on any atom is -0.457 e. The van der Waals surface area contributed by atoms with Crippen LogP contribution in [0.4, 0.5) is 0 Å². The van der Waals surface area contributed by atoms with E-state index in [1.165, 1.54) is 148 Å². The Bertz CT molecular complexity index is 823. The van der Waals surface area contributed by atoms with Crippen LogP contribution >= 0.6 is 0 Å². The van der Waals surface area contributed by atoms with Crippen LogP contribution in [0.5, 0.6) is 0 Å². The Labute approximate surface area is 325 Å². The van der Waals surface area contributed by atoms with Gasteiger partial charge in [0.15, 0.2) is 6.29 Å². The first kappa shape index (κ1) is 49.9. The summed E-state index contributed by atoms with van der Waals surface area (Å²) in [4.78, 5) is 12.7. The SMILES string of the molecule is CCCCCCCCC/C=C\CCCCCCCCOCC(COC1OC(CO)C(O)C(O)C1O)OC(=O)CCCCCCCCCCCCCCC. The molecule has 1 rings (SSSR count). The number of unbranched alkanes of at least 4 members (excludes halogenated alkanes) is 25. The van der Waals surface area contributed by atoms with Gasteiger partial charge in [-0.15, -0.1) is 0 Å². The zero-order valence-corrected chi connectivity index (χ0v) is 34.3. The molecular weight excluding hydrogens is 672 g/mol. The Kier molecular flexibility index (Phi) is 34.5. The van der Waals surface area contributed by atoms with Crippen molar-refractivity contribution in [1.29, 1.82) is 0 Å². The van der Waals surface area contributed by atoms with Crippen molar-refractivity contribution >= 4 is 5.97 Å². The molecule has 0 aromatic rings. The van der Waals surface area contributed by atoms with Crippen LogP contribution in [0.3, 0.4) is 0 Å². The highest BCUT2D eigenvalue weighted by Crippen LogP contribution is 2.22. The summed E-state index contributed by atoms with van der Waals surface area (Å²) in [6.45, 7) is 4.56. The third-order valence-corrected chi connectivity index (χ3v) is 10.4. The first-order valence-corrected chi connectivity index (χ1v) is 22.3. The maximum atomic E-state index is 12.7. The van der Waals surface area contributed by atoms with Gasteiger partial charge >= 0.3 is 5.97 Å². The number of hydrogen-bond acceptors (Lipinski definition) is 9. The second-order valence-electron chi connectivity index (χ2n) is 15.5. The van der Waals surface area contributed by atoms with Crippen molar-refractivity contribution in [3.05, 3.63) is 12.2 Å². The third kappa shape index (κ3) is 28.1. The van der Waals surface area contributed by atoms with E-state index in [-0.39, 0.29) is 19.2 Å². The van der Waals surface area contributed by atoms with E-state index < -0.39 is 43.4 Å². The van der Waals surface area contributed by atoms with Crippen molar-refractivity contribution in [2.75, 3.05) is 26.4 Å². The van der Waals surface area contributed by atoms with Gasteiger partial charge in [0.2, 0.25) is 0 Å². The molecule has 0 bridgehead atoms. The quantitative estimate of drug-likeness (QED) is 0.0276. The van der Waals surface area contributed by atoms with Crippen molar-refractivity contribution in [2.24, 2.45) is 0 Å². The summed E-state index contributed by atoms with van der Waals surface area (Å²) in [5.41, 5.74) is 0. The number of aliphatic hydroxyl groups is 4. The topological polar surface area (TPSA) is 135 Å². The minimum atomic E-state index is -1.53. The van der Waals surface area contributed by atoms with Crippen LogP contribution in [-0.4, -0.2) is 89.6 Å². The lowest BCUT2D eigenvalue weighted by Gasteiger charge is -2.39. The summed E-state index contributed by atoms with van der Waals surface area (Å²) in [5, 5.41) is 40.1. The van der Waals surface area contributed by atoms with Crippen LogP contribution in [0.1, 0.15) is 200 Å². The molecule has 53 heavy (non-hydrogen) atoms. The molecule has 1 saturated heterocycles. The molecule has 0 spiro atoms. The van der Waals surface area contributed by atoms with Gasteiger partial charge in [0.05, 0.1) is 19.8 Å². The molecule has 0 amide bonds. The minimum absolute atomic E-state index is 0.111. The number of carbonyl (C=O) groups is 1. The zero-order chi connectivity index (χ0) is 38.6. The second-order valence-corrected chi connectivity index (χ2v) is 15.5. The average Bonchev–Trinajstić information content (AvgIpc) is 3.16. The van der Waals surface area contributed by atoms with Crippen molar-refractivity contribution in [3.8, 4) is 0 Å². The van der Waals surface area contributed by atoms with Crippen LogP contribution in [0, 0.1) is 0 Å². The summed E-state index contributed by atoms with van der Waals surface area (Å²) in [7, 11) is 0. The Hall–Kier alpha value is -1.07. The first-order valence-electron chi connectivity index (χ1n) is 22.3. The molecule has 0 saturated carbocycles. The molecule has 314 valence electrons. The number of rotatable bonds is 38. The van der Waals surface area contributed by atoms with Gasteiger partial charge in [-0.25, -0.2) is 0 Å². The van der Waals surface area contributed by atoms with Gasteiger partial charge in [-0.05, 0) is 38.5 Å². The molecule has 4 N–H and O–H groups in total. The van der Waals surface area contributed by atoms with Crippen LogP contribution in [0.2, 0.25) is 0 Å². The van der Waals surface area contributed by atoms with E-state index in [1.54, 1.807) is 0 Å². The molecule has 9 heteroatoms. The highest BCUT2D eigenvalue weighted by Gasteiger charge is 2.44. The molecular formula is C44H84O9. The monoisotopic (exact) mass is 757 g/mol. The number of ether oxygens (including phenoxy) is 4. The van der Waals surface area contributed by atoms with Crippen LogP contribution in [0.25, 0.3) is 0 Å². The number of carbonyl (C=O) groups excluding carboxylic acids is 1. The summed E-state index contributed by atoms with van der Waals surface area (Å²) in [6.07, 6.45) is 32.3. The molecule has 1 aliphatic heterocycles. The van der Waals surface area contributed by atoms with Gasteiger partial charge in [0, 0.05) is 13.0 Å². The Balaban J connectivity index is 2.26. The number of allylic oxidation sites excluding steroid dienone is 2. The predicted molar refractivity (Wildman–Crippen MR) is 215 cm³/mol. The summed E-state index contributed by atoms with van der Waals surface area (Å²) < 4.78 is 22.8. The Morgan fingerprint density at radius 2 is 1.04 bits per heavy atom. The van der Waals surface area contributed by atoms with Crippen molar-refractivity contribution in [2.45, 2.75) is 237 Å². The van der Waals surface area contributed by atoms with E-state index in [0.717, 1.165) is 32.1 Å². The zero-order valence-electron chi connectivity index (χ0n) is 34.3. The van der Waals surface area contributed by atoms with Gasteiger partial charge < -0.3 is 39.4 Å². The predicted octanol–water partition coefficient (Wildman–Crippen LogP) is 9.64. The Morgan fingerprint density at radius 1 is 0.585 bits per heavy atom. The van der Waals surface area contributed by atoms with Crippen molar-refractivity contribution in [1.82, 2.24) is 0 Å². The Morgan fingerprint density at radius 3 is 1.53 bits per heavy atom. The van der Waals surface area contributed by atoms with E-state index >= 15 is 0 Å². The van der Waals surface area contributed by atoms with Gasteiger partial charge in [0.1, 0.15) is 30.5 Å². The number of esters is 1. The maximum absolute atomic E-state index is 12.7. The largest absolute Gasteiger partial charge is 0.457 e. The van der Waals surface area contributed by atoms with E-state index in [0.29, 0.717) is 13.0 Å². The summed E-state index contributed by atoms with van der Waals surface area (Å²) in [6, 6.07) is 0. The van der Waals surface area contributed by atoms with Crippen LogP contribution in [-0.2, 0) is 23.7 Å². The number of hydrogen-bond donors (Lipinski definition) is 4. The van der Waals surface area contributed by atoms with Gasteiger partial charge in [0.25, 0.3) is 0 Å². The molecule has 6 unspecified atom stereocenters. The lowest BCUT2D eigenvalue weighted by molar-refractivity contribution is -0.305.